The molecule has 24 heavy (non-hydrogen) atoms. The van der Waals surface area contributed by atoms with Gasteiger partial charge in [0.25, 0.3) is 0 Å². The first-order chi connectivity index (χ1) is 11.6. The minimum Gasteiger partial charge on any atom is -0.396 e. The number of anilines is 2. The highest BCUT2D eigenvalue weighted by Gasteiger charge is 2.15. The van der Waals surface area contributed by atoms with Crippen LogP contribution in [0.4, 0.5) is 11.5 Å². The smallest absolute Gasteiger partial charge is 0.191 e. The normalized spacial score (nSPS) is 11.4. The van der Waals surface area contributed by atoms with Crippen LogP contribution in [0.25, 0.3) is 11.2 Å². The van der Waals surface area contributed by atoms with E-state index >= 15 is 0 Å². The summed E-state index contributed by atoms with van der Waals surface area (Å²) in [5.41, 5.74) is 2.31. The van der Waals surface area contributed by atoms with E-state index in [-0.39, 0.29) is 12.6 Å². The fourth-order valence-electron chi connectivity index (χ4n) is 2.27. The summed E-state index contributed by atoms with van der Waals surface area (Å²) in [7, 11) is 0. The van der Waals surface area contributed by atoms with E-state index in [9.17, 15) is 0 Å². The van der Waals surface area contributed by atoms with Gasteiger partial charge in [0.05, 0.1) is 12.9 Å². The second-order valence-electron chi connectivity index (χ2n) is 5.48. The lowest BCUT2D eigenvalue weighted by Crippen LogP contribution is -2.04. The van der Waals surface area contributed by atoms with Crippen LogP contribution in [0.15, 0.2) is 35.7 Å². The lowest BCUT2D eigenvalue weighted by atomic mass is 10.3. The minimum atomic E-state index is 0.0760. The van der Waals surface area contributed by atoms with E-state index in [2.05, 4.69) is 34.1 Å². The molecule has 1 aromatic carbocycles. The highest BCUT2D eigenvalue weighted by atomic mass is 35.5. The van der Waals surface area contributed by atoms with Crippen LogP contribution in [0, 0.1) is 0 Å². The maximum absolute atomic E-state index is 9.05. The van der Waals surface area contributed by atoms with Crippen molar-refractivity contribution in [3.63, 3.8) is 0 Å². The van der Waals surface area contributed by atoms with E-state index < -0.39 is 0 Å². The van der Waals surface area contributed by atoms with Gasteiger partial charge >= 0.3 is 0 Å². The Morgan fingerprint density at radius 3 is 2.88 bits per heavy atom. The molecule has 0 aliphatic rings. The molecule has 2 aromatic heterocycles. The average Bonchev–Trinajstić information content (AvgIpc) is 2.97. The van der Waals surface area contributed by atoms with Crippen molar-refractivity contribution < 1.29 is 5.11 Å². The molecule has 0 amide bonds. The van der Waals surface area contributed by atoms with Gasteiger partial charge in [-0.2, -0.15) is 0 Å². The Kier molecular flexibility index (Phi) is 5.23. The number of aromatic nitrogens is 4. The molecule has 0 saturated carbocycles. The maximum Gasteiger partial charge on any atom is 0.191 e. The van der Waals surface area contributed by atoms with E-state index in [1.54, 1.807) is 6.33 Å². The van der Waals surface area contributed by atoms with E-state index in [0.717, 1.165) is 11.3 Å². The number of hydrogen-bond donors (Lipinski definition) is 2. The molecule has 0 fully saturated rings. The van der Waals surface area contributed by atoms with E-state index in [0.29, 0.717) is 27.3 Å². The Balaban J connectivity index is 2.07. The molecular formula is C16H18ClN5OS. The zero-order valence-corrected chi connectivity index (χ0v) is 15.0. The van der Waals surface area contributed by atoms with Crippen LogP contribution < -0.4 is 5.32 Å². The van der Waals surface area contributed by atoms with Crippen LogP contribution >= 0.6 is 23.4 Å². The maximum atomic E-state index is 9.05. The number of aliphatic hydroxyl groups is 1. The third-order valence-corrected chi connectivity index (χ3v) is 4.43. The molecule has 0 aliphatic heterocycles. The molecule has 0 bridgehead atoms. The first kappa shape index (κ1) is 17.0. The number of nitrogens with zero attached hydrogens (tertiary/aromatic N) is 4. The molecule has 0 atom stereocenters. The predicted octanol–water partition coefficient (Wildman–Crippen LogP) is 3.89. The van der Waals surface area contributed by atoms with Crippen LogP contribution in [0.1, 0.15) is 19.9 Å². The number of thioether (sulfide) groups is 1. The molecule has 0 unspecified atom stereocenters. The molecule has 2 heterocycles. The van der Waals surface area contributed by atoms with Crippen LogP contribution in [-0.2, 0) is 0 Å². The van der Waals surface area contributed by atoms with E-state index in [4.69, 9.17) is 16.7 Å². The summed E-state index contributed by atoms with van der Waals surface area (Å²) in [5, 5.41) is 13.6. The Bertz CT molecular complexity index is 852. The molecular weight excluding hydrogens is 346 g/mol. The zero-order chi connectivity index (χ0) is 17.1. The van der Waals surface area contributed by atoms with Crippen molar-refractivity contribution >= 4 is 46.0 Å². The van der Waals surface area contributed by atoms with Gasteiger partial charge in [0, 0.05) is 22.5 Å². The first-order valence-electron chi connectivity index (χ1n) is 7.59. The number of rotatable bonds is 6. The second-order valence-corrected chi connectivity index (χ2v) is 6.98. The predicted molar refractivity (Wildman–Crippen MR) is 98.3 cm³/mol. The van der Waals surface area contributed by atoms with Gasteiger partial charge in [0.2, 0.25) is 0 Å². The van der Waals surface area contributed by atoms with Gasteiger partial charge < -0.3 is 15.0 Å². The zero-order valence-electron chi connectivity index (χ0n) is 13.4. The molecule has 3 rings (SSSR count). The first-order valence-corrected chi connectivity index (χ1v) is 8.95. The average molecular weight is 364 g/mol. The van der Waals surface area contributed by atoms with Crippen molar-refractivity contribution in [3.8, 4) is 0 Å². The largest absolute Gasteiger partial charge is 0.396 e. The number of hydrogen-bond acceptors (Lipinski definition) is 6. The van der Waals surface area contributed by atoms with Gasteiger partial charge in [-0.1, -0.05) is 29.4 Å². The number of benzene rings is 1. The SMILES string of the molecule is CC(C)n1cnc2c(Nc3cccc(Cl)c3)nc(SCCO)nc21. The molecule has 0 aliphatic carbocycles. The molecule has 6 nitrogen and oxygen atoms in total. The molecule has 0 saturated heterocycles. The fraction of sp³-hybridized carbons (Fsp3) is 0.312. The topological polar surface area (TPSA) is 75.9 Å². The number of nitrogens with one attached hydrogen (secondary N) is 1. The van der Waals surface area contributed by atoms with Gasteiger partial charge in [0.1, 0.15) is 0 Å². The second kappa shape index (κ2) is 7.38. The lowest BCUT2D eigenvalue weighted by Gasteiger charge is -2.11. The van der Waals surface area contributed by atoms with Crippen LogP contribution in [0.3, 0.4) is 0 Å². The molecule has 2 N–H and O–H groups in total. The quantitative estimate of drug-likeness (QED) is 0.511. The summed E-state index contributed by atoms with van der Waals surface area (Å²) in [5.74, 6) is 1.17. The number of halogens is 1. The summed E-state index contributed by atoms with van der Waals surface area (Å²) in [6, 6.07) is 7.67. The Morgan fingerprint density at radius 1 is 1.33 bits per heavy atom. The third kappa shape index (κ3) is 3.63. The van der Waals surface area contributed by atoms with Gasteiger partial charge in [0.15, 0.2) is 22.1 Å². The van der Waals surface area contributed by atoms with Gasteiger partial charge in [-0.15, -0.1) is 0 Å². The van der Waals surface area contributed by atoms with Crippen molar-refractivity contribution in [3.05, 3.63) is 35.6 Å². The van der Waals surface area contributed by atoms with Crippen LogP contribution in [0.5, 0.6) is 0 Å². The van der Waals surface area contributed by atoms with Crippen molar-refractivity contribution in [2.75, 3.05) is 17.7 Å². The summed E-state index contributed by atoms with van der Waals surface area (Å²) >= 11 is 7.46. The highest BCUT2D eigenvalue weighted by Crippen LogP contribution is 2.28. The van der Waals surface area contributed by atoms with Crippen LogP contribution in [-0.4, -0.2) is 37.0 Å². The molecule has 0 spiro atoms. The van der Waals surface area contributed by atoms with Crippen LogP contribution in [0.2, 0.25) is 5.02 Å². The summed E-state index contributed by atoms with van der Waals surface area (Å²) < 4.78 is 2.00. The highest BCUT2D eigenvalue weighted by molar-refractivity contribution is 7.99. The van der Waals surface area contributed by atoms with Crippen molar-refractivity contribution in [1.29, 1.82) is 0 Å². The number of imidazole rings is 1. The molecule has 3 aromatic rings. The molecule has 126 valence electrons. The minimum absolute atomic E-state index is 0.0760. The fourth-order valence-corrected chi connectivity index (χ4v) is 3.04. The lowest BCUT2D eigenvalue weighted by molar-refractivity contribution is 0.322. The standard InChI is InChI=1S/C16H18ClN5OS/c1-10(2)22-9-18-13-14(19-12-5-3-4-11(17)8-12)20-16(21-15(13)22)24-7-6-23/h3-5,8-10,23H,6-7H2,1-2H3,(H,19,20,21). The number of fused-ring (bicyclic) bond motifs is 1. The monoisotopic (exact) mass is 363 g/mol. The third-order valence-electron chi connectivity index (χ3n) is 3.37. The Morgan fingerprint density at radius 2 is 2.17 bits per heavy atom. The van der Waals surface area contributed by atoms with Crippen molar-refractivity contribution in [2.24, 2.45) is 0 Å². The van der Waals surface area contributed by atoms with Gasteiger partial charge in [-0.05, 0) is 32.0 Å². The summed E-state index contributed by atoms with van der Waals surface area (Å²) in [4.78, 5) is 13.6. The van der Waals surface area contributed by atoms with E-state index in [1.807, 2.05) is 28.8 Å². The van der Waals surface area contributed by atoms with Crippen molar-refractivity contribution in [1.82, 2.24) is 19.5 Å². The Hall–Kier alpha value is -1.83. The van der Waals surface area contributed by atoms with Crippen molar-refractivity contribution in [2.45, 2.75) is 25.0 Å². The van der Waals surface area contributed by atoms with E-state index in [1.165, 1.54) is 11.8 Å². The molecule has 8 heteroatoms. The molecule has 0 radical (unpaired) electrons. The van der Waals surface area contributed by atoms with Gasteiger partial charge in [-0.25, -0.2) is 15.0 Å². The Labute approximate surface area is 149 Å². The summed E-state index contributed by atoms with van der Waals surface area (Å²) in [6.45, 7) is 4.23. The number of aliphatic hydroxyl groups excluding tert-OH is 1. The summed E-state index contributed by atoms with van der Waals surface area (Å²) in [6.07, 6.45) is 1.77. The van der Waals surface area contributed by atoms with Gasteiger partial charge in [-0.3, -0.25) is 0 Å².